The van der Waals surface area contributed by atoms with Crippen LogP contribution in [0.25, 0.3) is 5.52 Å². The lowest BCUT2D eigenvalue weighted by atomic mass is 9.98. The molecule has 0 aromatic carbocycles. The third kappa shape index (κ3) is 3.30. The summed E-state index contributed by atoms with van der Waals surface area (Å²) < 4.78 is 7.68. The maximum Gasteiger partial charge on any atom is 0.267 e. The van der Waals surface area contributed by atoms with Gasteiger partial charge in [-0.25, -0.2) is 9.50 Å². The largest absolute Gasteiger partial charge is 0.493 e. The van der Waals surface area contributed by atoms with E-state index in [1.807, 2.05) is 16.8 Å². The zero-order valence-corrected chi connectivity index (χ0v) is 14.3. The first-order valence-corrected chi connectivity index (χ1v) is 8.62. The predicted molar refractivity (Wildman–Crippen MR) is 96.2 cm³/mol. The highest BCUT2D eigenvalue weighted by atomic mass is 16.5. The lowest BCUT2D eigenvalue weighted by Gasteiger charge is -2.32. The molecule has 134 valence electrons. The molecule has 0 bridgehead atoms. The van der Waals surface area contributed by atoms with Crippen molar-refractivity contribution in [1.82, 2.24) is 19.6 Å². The minimum absolute atomic E-state index is 0.220. The summed E-state index contributed by atoms with van der Waals surface area (Å²) in [6.45, 7) is 2.46. The van der Waals surface area contributed by atoms with Crippen LogP contribution in [0.15, 0.2) is 43.0 Å². The molecule has 26 heavy (non-hydrogen) atoms. The van der Waals surface area contributed by atoms with Gasteiger partial charge in [-0.3, -0.25) is 9.78 Å². The Labute approximate surface area is 150 Å². The number of piperidine rings is 1. The van der Waals surface area contributed by atoms with Gasteiger partial charge in [-0.05, 0) is 30.9 Å². The van der Waals surface area contributed by atoms with Gasteiger partial charge in [-0.1, -0.05) is 0 Å². The highest BCUT2D eigenvalue weighted by molar-refractivity contribution is 5.91. The molecule has 2 N–H and O–H groups in total. The summed E-state index contributed by atoms with van der Waals surface area (Å²) in [4.78, 5) is 21.9. The molecule has 1 saturated heterocycles. The predicted octanol–water partition coefficient (Wildman–Crippen LogP) is 1.52. The van der Waals surface area contributed by atoms with Crippen molar-refractivity contribution in [3.05, 3.63) is 48.7 Å². The first-order chi connectivity index (χ1) is 12.7. The Morgan fingerprint density at radius 3 is 2.85 bits per heavy atom. The van der Waals surface area contributed by atoms with Crippen LogP contribution in [0.1, 0.15) is 23.3 Å². The van der Waals surface area contributed by atoms with Crippen LogP contribution < -0.4 is 15.4 Å². The van der Waals surface area contributed by atoms with E-state index in [0.29, 0.717) is 18.3 Å². The number of nitrogens with zero attached hydrogens (tertiary/aromatic N) is 5. The Balaban J connectivity index is 1.35. The number of amides is 1. The minimum atomic E-state index is -0.551. The summed E-state index contributed by atoms with van der Waals surface area (Å²) in [5.74, 6) is 1.51. The molecule has 1 amide bonds. The Kier molecular flexibility index (Phi) is 4.39. The number of carbonyl (C=O) groups excluding carboxylic acids is 1. The number of aromatic nitrogens is 4. The monoisotopic (exact) mass is 352 g/mol. The van der Waals surface area contributed by atoms with Crippen LogP contribution in [-0.4, -0.2) is 45.2 Å². The topological polar surface area (TPSA) is 98.6 Å². The Hall–Kier alpha value is -3.16. The number of pyridine rings is 1. The average Bonchev–Trinajstić information content (AvgIpc) is 3.16. The van der Waals surface area contributed by atoms with Crippen molar-refractivity contribution < 1.29 is 9.53 Å². The second-order valence-electron chi connectivity index (χ2n) is 6.39. The van der Waals surface area contributed by atoms with Crippen molar-refractivity contribution in [2.24, 2.45) is 11.7 Å². The smallest absolute Gasteiger partial charge is 0.267 e. The summed E-state index contributed by atoms with van der Waals surface area (Å²) >= 11 is 0. The fourth-order valence-electron chi connectivity index (χ4n) is 3.25. The van der Waals surface area contributed by atoms with E-state index in [2.05, 4.69) is 20.0 Å². The van der Waals surface area contributed by atoms with E-state index in [1.54, 1.807) is 24.5 Å². The molecule has 0 unspecified atom stereocenters. The standard InChI is InChI=1S/C18H20N6O2/c19-17(25)15-11-14(1-5-20-15)26-12-13-3-8-23(9-4-13)18-16-2-6-22-24(16)10-7-21-18/h1-2,5-7,10-11,13H,3-4,8-9,12H2,(H2,19,25). The highest BCUT2D eigenvalue weighted by Crippen LogP contribution is 2.25. The maximum absolute atomic E-state index is 11.2. The lowest BCUT2D eigenvalue weighted by molar-refractivity contribution is 0.0995. The molecule has 8 nitrogen and oxygen atoms in total. The van der Waals surface area contributed by atoms with Gasteiger partial charge < -0.3 is 15.4 Å². The number of rotatable bonds is 5. The number of primary amides is 1. The average molecular weight is 352 g/mol. The molecule has 0 aliphatic carbocycles. The molecule has 1 fully saturated rings. The molecule has 3 aromatic heterocycles. The van der Waals surface area contributed by atoms with E-state index in [9.17, 15) is 4.79 Å². The van der Waals surface area contributed by atoms with E-state index in [-0.39, 0.29) is 5.69 Å². The molecule has 0 atom stereocenters. The number of carbonyl (C=O) groups is 1. The van der Waals surface area contributed by atoms with Crippen LogP contribution in [-0.2, 0) is 0 Å². The van der Waals surface area contributed by atoms with Gasteiger partial charge in [0.15, 0.2) is 5.82 Å². The number of anilines is 1. The van der Waals surface area contributed by atoms with Crippen LogP contribution >= 0.6 is 0 Å². The van der Waals surface area contributed by atoms with Crippen LogP contribution in [0.5, 0.6) is 5.75 Å². The zero-order chi connectivity index (χ0) is 17.9. The summed E-state index contributed by atoms with van der Waals surface area (Å²) in [6, 6.07) is 5.31. The second kappa shape index (κ2) is 6.99. The van der Waals surface area contributed by atoms with E-state index in [4.69, 9.17) is 10.5 Å². The number of fused-ring (bicyclic) bond motifs is 1. The first-order valence-electron chi connectivity index (χ1n) is 8.62. The SMILES string of the molecule is NC(=O)c1cc(OCC2CCN(c3nccn4nccc34)CC2)ccn1. The fourth-order valence-corrected chi connectivity index (χ4v) is 3.25. The van der Waals surface area contributed by atoms with Crippen LogP contribution in [0.3, 0.4) is 0 Å². The molecule has 0 saturated carbocycles. The molecule has 4 rings (SSSR count). The quantitative estimate of drug-likeness (QED) is 0.747. The van der Waals surface area contributed by atoms with Gasteiger partial charge in [0.25, 0.3) is 5.91 Å². The van der Waals surface area contributed by atoms with Crippen LogP contribution in [0.2, 0.25) is 0 Å². The van der Waals surface area contributed by atoms with Gasteiger partial charge >= 0.3 is 0 Å². The van der Waals surface area contributed by atoms with Gasteiger partial charge in [0.1, 0.15) is 17.0 Å². The third-order valence-corrected chi connectivity index (χ3v) is 4.69. The Morgan fingerprint density at radius 2 is 2.04 bits per heavy atom. The van der Waals surface area contributed by atoms with Crippen molar-refractivity contribution >= 4 is 17.2 Å². The summed E-state index contributed by atoms with van der Waals surface area (Å²) in [5, 5.41) is 4.26. The first kappa shape index (κ1) is 16.3. The van der Waals surface area contributed by atoms with Crippen molar-refractivity contribution in [2.75, 3.05) is 24.6 Å². The summed E-state index contributed by atoms with van der Waals surface area (Å²) in [6.07, 6.45) is 9.00. The molecule has 0 spiro atoms. The minimum Gasteiger partial charge on any atom is -0.493 e. The van der Waals surface area contributed by atoms with Crippen LogP contribution in [0.4, 0.5) is 5.82 Å². The molecular formula is C18H20N6O2. The maximum atomic E-state index is 11.2. The summed E-state index contributed by atoms with van der Waals surface area (Å²) in [5.41, 5.74) is 6.49. The number of ether oxygens (including phenoxy) is 1. The van der Waals surface area contributed by atoms with Crippen LogP contribution in [0, 0.1) is 5.92 Å². The van der Waals surface area contributed by atoms with Gasteiger partial charge in [0, 0.05) is 37.7 Å². The van der Waals surface area contributed by atoms with Crippen molar-refractivity contribution in [1.29, 1.82) is 0 Å². The van der Waals surface area contributed by atoms with Gasteiger partial charge in [0.05, 0.1) is 12.8 Å². The molecule has 8 heteroatoms. The van der Waals surface area contributed by atoms with Crippen molar-refractivity contribution in [3.63, 3.8) is 0 Å². The zero-order valence-electron chi connectivity index (χ0n) is 14.3. The number of hydrogen-bond donors (Lipinski definition) is 1. The van der Waals surface area contributed by atoms with E-state index < -0.39 is 5.91 Å². The highest BCUT2D eigenvalue weighted by Gasteiger charge is 2.22. The van der Waals surface area contributed by atoms with Crippen molar-refractivity contribution in [2.45, 2.75) is 12.8 Å². The molecular weight excluding hydrogens is 332 g/mol. The van der Waals surface area contributed by atoms with Gasteiger partial charge in [-0.2, -0.15) is 5.10 Å². The molecule has 1 aliphatic rings. The third-order valence-electron chi connectivity index (χ3n) is 4.69. The Bertz CT molecular complexity index is 917. The molecule has 1 aliphatic heterocycles. The second-order valence-corrected chi connectivity index (χ2v) is 6.39. The van der Waals surface area contributed by atoms with E-state index in [0.717, 1.165) is 37.3 Å². The van der Waals surface area contributed by atoms with E-state index in [1.165, 1.54) is 6.20 Å². The van der Waals surface area contributed by atoms with E-state index >= 15 is 0 Å². The number of hydrogen-bond acceptors (Lipinski definition) is 6. The molecule has 0 radical (unpaired) electrons. The fraction of sp³-hybridized carbons (Fsp3) is 0.333. The molecule has 3 aromatic rings. The van der Waals surface area contributed by atoms with Crippen molar-refractivity contribution in [3.8, 4) is 5.75 Å². The Morgan fingerprint density at radius 1 is 1.19 bits per heavy atom. The molecule has 4 heterocycles. The van der Waals surface area contributed by atoms with Gasteiger partial charge in [0.2, 0.25) is 0 Å². The normalized spacial score (nSPS) is 15.3. The number of nitrogens with two attached hydrogens (primary N) is 1. The lowest BCUT2D eigenvalue weighted by Crippen LogP contribution is -2.36. The summed E-state index contributed by atoms with van der Waals surface area (Å²) in [7, 11) is 0. The van der Waals surface area contributed by atoms with Gasteiger partial charge in [-0.15, -0.1) is 0 Å².